The lowest BCUT2D eigenvalue weighted by molar-refractivity contribution is -0.144. The summed E-state index contributed by atoms with van der Waals surface area (Å²) in [5.74, 6) is -0.570. The van der Waals surface area contributed by atoms with Crippen molar-refractivity contribution in [3.8, 4) is 11.6 Å². The number of ether oxygens (including phenoxy) is 3. The second-order valence-corrected chi connectivity index (χ2v) is 19.6. The van der Waals surface area contributed by atoms with E-state index in [0.717, 1.165) is 75.3 Å². The highest BCUT2D eigenvalue weighted by molar-refractivity contribution is 5.96. The van der Waals surface area contributed by atoms with Gasteiger partial charge in [0.1, 0.15) is 36.1 Å². The summed E-state index contributed by atoms with van der Waals surface area (Å²) in [6.07, 6.45) is 10.6. The van der Waals surface area contributed by atoms with Gasteiger partial charge in [0.25, 0.3) is 0 Å². The average Bonchev–Trinajstić information content (AvgIpc) is 3.56. The largest absolute Gasteiger partial charge is 0.493 e. The first-order chi connectivity index (χ1) is 29.4. The van der Waals surface area contributed by atoms with Gasteiger partial charge in [0, 0.05) is 43.5 Å². The minimum absolute atomic E-state index is 0.00994. The third-order valence-electron chi connectivity index (χ3n) is 13.4. The summed E-state index contributed by atoms with van der Waals surface area (Å²) in [5.41, 5.74) is -0.634. The number of rotatable bonds is 22. The molecule has 2 saturated carbocycles. The molecule has 0 unspecified atom stereocenters. The third-order valence-corrected chi connectivity index (χ3v) is 13.4. The maximum absolute atomic E-state index is 14.3. The summed E-state index contributed by atoms with van der Waals surface area (Å²) >= 11 is 0. The fourth-order valence-electron chi connectivity index (χ4n) is 8.97. The van der Waals surface area contributed by atoms with Crippen LogP contribution in [0, 0.1) is 22.7 Å². The number of amides is 4. The van der Waals surface area contributed by atoms with Crippen LogP contribution in [0.25, 0.3) is 10.9 Å². The number of likely N-dealkylation sites (N-methyl/N-ethyl adjacent to an activating group) is 1. The molecule has 3 fully saturated rings. The Morgan fingerprint density at radius 1 is 1.06 bits per heavy atom. The Balaban J connectivity index is 1.15. The van der Waals surface area contributed by atoms with Crippen molar-refractivity contribution in [3.05, 3.63) is 42.5 Å². The summed E-state index contributed by atoms with van der Waals surface area (Å²) in [4.78, 5) is 63.7. The van der Waals surface area contributed by atoms with Gasteiger partial charge in [-0.2, -0.15) is 0 Å². The first kappa shape index (κ1) is 48.6. The Hall–Kier alpha value is -4.43. The Kier molecular flexibility index (Phi) is 16.7. The van der Waals surface area contributed by atoms with Crippen LogP contribution in [-0.4, -0.2) is 121 Å². The molecule has 5 rings (SSSR count). The Bertz CT molecular complexity index is 1880. The molecule has 2 aromatic rings. The molecule has 2 aliphatic carbocycles. The van der Waals surface area contributed by atoms with Crippen molar-refractivity contribution in [2.45, 2.75) is 135 Å². The number of nitrogens with one attached hydrogen (secondary N) is 3. The second kappa shape index (κ2) is 21.3. The maximum atomic E-state index is 14.3. The molecular formula is C48H74N6O8. The van der Waals surface area contributed by atoms with Gasteiger partial charge in [-0.15, -0.1) is 6.58 Å². The molecule has 1 aliphatic heterocycles. The second-order valence-electron chi connectivity index (χ2n) is 19.6. The molecule has 344 valence electrons. The summed E-state index contributed by atoms with van der Waals surface area (Å²) in [6, 6.07) is 5.96. The zero-order valence-corrected chi connectivity index (χ0v) is 38.6. The highest BCUT2D eigenvalue weighted by Crippen LogP contribution is 2.45. The van der Waals surface area contributed by atoms with Crippen LogP contribution in [0.4, 0.5) is 4.79 Å². The Morgan fingerprint density at radius 2 is 1.81 bits per heavy atom. The number of alkyl carbamates (subject to hydrolysis) is 1. The highest BCUT2D eigenvalue weighted by atomic mass is 16.6. The number of aromatic nitrogens is 1. The van der Waals surface area contributed by atoms with Crippen molar-refractivity contribution < 1.29 is 38.5 Å². The van der Waals surface area contributed by atoms with Gasteiger partial charge in [0.05, 0.1) is 17.7 Å². The van der Waals surface area contributed by atoms with E-state index in [1.165, 1.54) is 0 Å². The predicted molar refractivity (Wildman–Crippen MR) is 241 cm³/mol. The molecule has 62 heavy (non-hydrogen) atoms. The van der Waals surface area contributed by atoms with E-state index in [-0.39, 0.29) is 35.1 Å². The van der Waals surface area contributed by atoms with E-state index in [1.54, 1.807) is 25.0 Å². The minimum atomic E-state index is -1.30. The molecule has 14 nitrogen and oxygen atoms in total. The number of para-hydroxylation sites is 1. The van der Waals surface area contributed by atoms with Crippen molar-refractivity contribution in [2.75, 3.05) is 54.1 Å². The lowest BCUT2D eigenvalue weighted by atomic mass is 9.84. The first-order valence-electron chi connectivity index (χ1n) is 22.8. The zero-order valence-electron chi connectivity index (χ0n) is 38.6. The third kappa shape index (κ3) is 12.2. The normalized spacial score (nSPS) is 21.5. The van der Waals surface area contributed by atoms with Crippen LogP contribution in [0.1, 0.15) is 111 Å². The van der Waals surface area contributed by atoms with Crippen LogP contribution in [0.3, 0.4) is 0 Å². The molecule has 4 N–H and O–H groups in total. The van der Waals surface area contributed by atoms with Gasteiger partial charge in [0.15, 0.2) is 0 Å². The first-order valence-corrected chi connectivity index (χ1v) is 22.8. The van der Waals surface area contributed by atoms with E-state index in [9.17, 15) is 24.3 Å². The molecule has 4 amide bonds. The van der Waals surface area contributed by atoms with Gasteiger partial charge in [-0.1, -0.05) is 58.7 Å². The topological polar surface area (TPSA) is 172 Å². The molecule has 3 aliphatic rings. The lowest BCUT2D eigenvalue weighted by Crippen LogP contribution is -2.64. The molecule has 0 bridgehead atoms. The van der Waals surface area contributed by atoms with Crippen LogP contribution in [0.2, 0.25) is 0 Å². The van der Waals surface area contributed by atoms with Crippen LogP contribution >= 0.6 is 0 Å². The van der Waals surface area contributed by atoms with Crippen molar-refractivity contribution >= 4 is 34.7 Å². The van der Waals surface area contributed by atoms with Crippen molar-refractivity contribution in [1.82, 2.24) is 30.7 Å². The van der Waals surface area contributed by atoms with Crippen molar-refractivity contribution in [3.63, 3.8) is 0 Å². The van der Waals surface area contributed by atoms with E-state index in [1.807, 2.05) is 66.1 Å². The number of carbonyl (C=O) groups excluding carboxylic acids is 4. The molecule has 2 heterocycles. The summed E-state index contributed by atoms with van der Waals surface area (Å²) in [7, 11) is 5.65. The SMILES string of the molecule is C=C[C@H](C)[C@@](C)(NC(=O)[C@@H]1CCCN1C(=O)[C@@H](NC(=O)O[C@@H]1CCC[C@H]1CCCCCc1c(O)nc2ccccc2c1OCCN(C)C)C(C)(C)C)C(=O)NCC1(COC)CC1. The summed E-state index contributed by atoms with van der Waals surface area (Å²) < 4.78 is 17.7. The Labute approximate surface area is 369 Å². The van der Waals surface area contributed by atoms with E-state index in [0.29, 0.717) is 56.8 Å². The van der Waals surface area contributed by atoms with Crippen molar-refractivity contribution in [2.24, 2.45) is 22.7 Å². The van der Waals surface area contributed by atoms with Gasteiger partial charge >= 0.3 is 6.09 Å². The predicted octanol–water partition coefficient (Wildman–Crippen LogP) is 6.52. The van der Waals surface area contributed by atoms with E-state index in [2.05, 4.69) is 32.4 Å². The molecule has 1 aromatic carbocycles. The van der Waals surface area contributed by atoms with Crippen LogP contribution in [-0.2, 0) is 30.3 Å². The molecule has 0 radical (unpaired) electrons. The highest BCUT2D eigenvalue weighted by Gasteiger charge is 2.48. The number of likely N-dealkylation sites (tertiary alicyclic amines) is 1. The smallest absolute Gasteiger partial charge is 0.408 e. The number of carbonyl (C=O) groups is 4. The lowest BCUT2D eigenvalue weighted by Gasteiger charge is -2.38. The number of fused-ring (bicyclic) bond motifs is 1. The number of hydrogen-bond acceptors (Lipinski definition) is 10. The molecule has 6 atom stereocenters. The van der Waals surface area contributed by atoms with E-state index < -0.39 is 41.0 Å². The van der Waals surface area contributed by atoms with Gasteiger partial charge in [-0.3, -0.25) is 14.4 Å². The monoisotopic (exact) mass is 863 g/mol. The molecule has 1 saturated heterocycles. The minimum Gasteiger partial charge on any atom is -0.493 e. The molecule has 1 aromatic heterocycles. The number of pyridine rings is 1. The maximum Gasteiger partial charge on any atom is 0.408 e. The average molecular weight is 863 g/mol. The van der Waals surface area contributed by atoms with E-state index in [4.69, 9.17) is 14.2 Å². The zero-order chi connectivity index (χ0) is 45.2. The van der Waals surface area contributed by atoms with Crippen LogP contribution < -0.4 is 20.7 Å². The molecule has 14 heteroatoms. The molecular weight excluding hydrogens is 789 g/mol. The quantitative estimate of drug-likeness (QED) is 0.0755. The number of unbranched alkanes of at least 4 members (excludes halogenated alkanes) is 2. The van der Waals surface area contributed by atoms with Gasteiger partial charge < -0.3 is 45.1 Å². The fourth-order valence-corrected chi connectivity index (χ4v) is 8.97. The van der Waals surface area contributed by atoms with E-state index >= 15 is 0 Å². The summed E-state index contributed by atoms with van der Waals surface area (Å²) in [5, 5.41) is 20.8. The number of aromatic hydroxyl groups is 1. The van der Waals surface area contributed by atoms with Crippen LogP contribution in [0.15, 0.2) is 36.9 Å². The number of methoxy groups -OCH3 is 1. The standard InChI is InChI=1S/C48H74N6O8/c1-10-32(2)47(6,44(58)49-30-48(25-26-48)31-60-9)52-42(56)37-23-17-27-54(37)43(57)40(46(3,4)5)51-45(59)62-38-24-16-19-33(38)18-12-11-13-21-35-39(61-29-28-53(7)8)34-20-14-15-22-36(34)50-41(35)55/h10,14-15,20,22,32-33,37-38,40H,1,11-13,16-19,21,23-31H2,2-9H3,(H,49,58)(H,50,55)(H,51,59)(H,52,56)/t32-,33+,37-,38+,40+,47+/m0/s1. The number of nitrogens with zero attached hydrogens (tertiary/aromatic N) is 3. The van der Waals surface area contributed by atoms with Gasteiger partial charge in [-0.25, -0.2) is 9.78 Å². The molecule has 0 spiro atoms. The Morgan fingerprint density at radius 3 is 2.48 bits per heavy atom. The number of hydrogen-bond donors (Lipinski definition) is 4. The van der Waals surface area contributed by atoms with Crippen LogP contribution in [0.5, 0.6) is 11.6 Å². The van der Waals surface area contributed by atoms with Crippen molar-refractivity contribution in [1.29, 1.82) is 0 Å². The summed E-state index contributed by atoms with van der Waals surface area (Å²) in [6.45, 7) is 15.7. The van der Waals surface area contributed by atoms with Gasteiger partial charge in [-0.05, 0) is 109 Å². The fraction of sp³-hybridized carbons (Fsp3) is 0.688. The van der Waals surface area contributed by atoms with Gasteiger partial charge in [0.2, 0.25) is 23.6 Å². The number of benzene rings is 1.